The quantitative estimate of drug-likeness (QED) is 0.914. The number of aromatic nitrogens is 2. The van der Waals surface area contributed by atoms with Crippen molar-refractivity contribution in [2.45, 2.75) is 25.4 Å². The minimum atomic E-state index is 0.655. The van der Waals surface area contributed by atoms with Gasteiger partial charge in [-0.2, -0.15) is 0 Å². The molecule has 0 atom stereocenters. The number of nitrogens with one attached hydrogen (secondary N) is 1. The summed E-state index contributed by atoms with van der Waals surface area (Å²) in [6.07, 6.45) is 6.40. The molecule has 1 saturated carbocycles. The SMILES string of the molecule is CN(C)c1c(Cl)cccc1NCc1cncn1C1CC1. The zero-order valence-corrected chi connectivity index (χ0v) is 12.6. The van der Waals surface area contributed by atoms with E-state index >= 15 is 0 Å². The summed E-state index contributed by atoms with van der Waals surface area (Å²) in [6.45, 7) is 0.762. The van der Waals surface area contributed by atoms with Gasteiger partial charge in [0.2, 0.25) is 0 Å². The Morgan fingerprint density at radius 1 is 1.40 bits per heavy atom. The minimum absolute atomic E-state index is 0.655. The molecule has 3 rings (SSSR count). The summed E-state index contributed by atoms with van der Waals surface area (Å²) >= 11 is 6.28. The van der Waals surface area contributed by atoms with Gasteiger partial charge in [0.25, 0.3) is 0 Å². The molecule has 1 fully saturated rings. The van der Waals surface area contributed by atoms with Crippen LogP contribution in [-0.2, 0) is 6.54 Å². The molecule has 1 aromatic heterocycles. The zero-order valence-electron chi connectivity index (χ0n) is 11.8. The van der Waals surface area contributed by atoms with Crippen molar-refractivity contribution in [3.05, 3.63) is 41.4 Å². The molecule has 0 saturated heterocycles. The summed E-state index contributed by atoms with van der Waals surface area (Å²) < 4.78 is 2.27. The molecule has 1 aromatic carbocycles. The number of rotatable bonds is 5. The Hall–Kier alpha value is -1.68. The molecule has 0 bridgehead atoms. The van der Waals surface area contributed by atoms with Gasteiger partial charge in [-0.3, -0.25) is 0 Å². The monoisotopic (exact) mass is 290 g/mol. The Morgan fingerprint density at radius 3 is 2.90 bits per heavy atom. The molecule has 4 nitrogen and oxygen atoms in total. The number of anilines is 2. The van der Waals surface area contributed by atoms with Gasteiger partial charge in [-0.25, -0.2) is 4.98 Å². The van der Waals surface area contributed by atoms with Crippen molar-refractivity contribution in [3.63, 3.8) is 0 Å². The van der Waals surface area contributed by atoms with E-state index in [1.165, 1.54) is 18.5 Å². The Morgan fingerprint density at radius 2 is 2.20 bits per heavy atom. The summed E-state index contributed by atoms with van der Waals surface area (Å²) in [5.74, 6) is 0. The predicted molar refractivity (Wildman–Crippen MR) is 83.6 cm³/mol. The second-order valence-electron chi connectivity index (χ2n) is 5.41. The van der Waals surface area contributed by atoms with E-state index in [-0.39, 0.29) is 0 Å². The Labute approximate surface area is 124 Å². The lowest BCUT2D eigenvalue weighted by molar-refractivity contribution is 0.701. The van der Waals surface area contributed by atoms with Crippen LogP contribution in [0.4, 0.5) is 11.4 Å². The van der Waals surface area contributed by atoms with Crippen molar-refractivity contribution < 1.29 is 0 Å². The highest BCUT2D eigenvalue weighted by Crippen LogP contribution is 2.36. The van der Waals surface area contributed by atoms with Crippen LogP contribution in [-0.4, -0.2) is 23.6 Å². The molecule has 1 heterocycles. The highest BCUT2D eigenvalue weighted by atomic mass is 35.5. The Balaban J connectivity index is 1.78. The lowest BCUT2D eigenvalue weighted by Gasteiger charge is -2.20. The van der Waals surface area contributed by atoms with Crippen molar-refractivity contribution in [3.8, 4) is 0 Å². The molecule has 5 heteroatoms. The Bertz CT molecular complexity index is 602. The zero-order chi connectivity index (χ0) is 14.1. The summed E-state index contributed by atoms with van der Waals surface area (Å²) in [7, 11) is 4.00. The molecule has 0 spiro atoms. The number of hydrogen-bond donors (Lipinski definition) is 1. The standard InChI is InChI=1S/C15H19ClN4/c1-19(2)15-13(16)4-3-5-14(15)18-9-12-8-17-10-20(12)11-6-7-11/h3-5,8,10-11,18H,6-7,9H2,1-2H3. The smallest absolute Gasteiger partial charge is 0.0951 e. The highest BCUT2D eigenvalue weighted by Gasteiger charge is 2.25. The molecular weight excluding hydrogens is 272 g/mol. The van der Waals surface area contributed by atoms with Crippen LogP contribution in [0.2, 0.25) is 5.02 Å². The van der Waals surface area contributed by atoms with E-state index in [0.717, 1.165) is 22.9 Å². The third-order valence-corrected chi connectivity index (χ3v) is 3.89. The van der Waals surface area contributed by atoms with Crippen LogP contribution in [0.1, 0.15) is 24.6 Å². The molecule has 0 amide bonds. The van der Waals surface area contributed by atoms with E-state index in [1.807, 2.05) is 43.7 Å². The number of hydrogen-bond acceptors (Lipinski definition) is 3. The molecule has 106 valence electrons. The van der Waals surface area contributed by atoms with Gasteiger partial charge in [0, 0.05) is 26.3 Å². The van der Waals surface area contributed by atoms with Crippen molar-refractivity contribution in [1.29, 1.82) is 0 Å². The largest absolute Gasteiger partial charge is 0.378 e. The van der Waals surface area contributed by atoms with Crippen molar-refractivity contribution >= 4 is 23.0 Å². The minimum Gasteiger partial charge on any atom is -0.378 e. The van der Waals surface area contributed by atoms with Crippen molar-refractivity contribution in [2.75, 3.05) is 24.3 Å². The Kier molecular flexibility index (Phi) is 3.57. The highest BCUT2D eigenvalue weighted by molar-refractivity contribution is 6.34. The first kappa shape index (κ1) is 13.3. The molecule has 2 aromatic rings. The van der Waals surface area contributed by atoms with Crippen LogP contribution in [0.15, 0.2) is 30.7 Å². The second-order valence-corrected chi connectivity index (χ2v) is 5.81. The third-order valence-electron chi connectivity index (χ3n) is 3.58. The average molecular weight is 291 g/mol. The van der Waals surface area contributed by atoms with Crippen LogP contribution in [0.3, 0.4) is 0 Å². The number of imidazole rings is 1. The van der Waals surface area contributed by atoms with Crippen LogP contribution in [0.5, 0.6) is 0 Å². The first-order valence-corrected chi connectivity index (χ1v) is 7.25. The van der Waals surface area contributed by atoms with Gasteiger partial charge < -0.3 is 14.8 Å². The lowest BCUT2D eigenvalue weighted by atomic mass is 10.2. The van der Waals surface area contributed by atoms with E-state index in [0.29, 0.717) is 6.04 Å². The van der Waals surface area contributed by atoms with E-state index in [2.05, 4.69) is 20.9 Å². The molecule has 20 heavy (non-hydrogen) atoms. The van der Waals surface area contributed by atoms with Gasteiger partial charge in [-0.15, -0.1) is 0 Å². The number of nitrogens with zero attached hydrogens (tertiary/aromatic N) is 3. The molecule has 0 radical (unpaired) electrons. The predicted octanol–water partition coefficient (Wildman–Crippen LogP) is 3.55. The van der Waals surface area contributed by atoms with Crippen LogP contribution >= 0.6 is 11.6 Å². The molecule has 1 N–H and O–H groups in total. The number of halogens is 1. The van der Waals surface area contributed by atoms with E-state index in [1.54, 1.807) is 0 Å². The summed E-state index contributed by atoms with van der Waals surface area (Å²) in [5, 5.41) is 4.23. The summed E-state index contributed by atoms with van der Waals surface area (Å²) in [4.78, 5) is 6.29. The third kappa shape index (κ3) is 2.61. The normalized spacial score (nSPS) is 14.3. The van der Waals surface area contributed by atoms with Crippen LogP contribution < -0.4 is 10.2 Å². The molecule has 1 aliphatic carbocycles. The van der Waals surface area contributed by atoms with Crippen LogP contribution in [0, 0.1) is 0 Å². The van der Waals surface area contributed by atoms with Gasteiger partial charge in [-0.05, 0) is 25.0 Å². The molecular formula is C15H19ClN4. The maximum absolute atomic E-state index is 6.28. The van der Waals surface area contributed by atoms with Gasteiger partial charge in [0.1, 0.15) is 0 Å². The van der Waals surface area contributed by atoms with E-state index in [4.69, 9.17) is 11.6 Å². The first-order chi connectivity index (χ1) is 9.66. The summed E-state index contributed by atoms with van der Waals surface area (Å²) in [6, 6.07) is 6.59. The average Bonchev–Trinajstić information content (AvgIpc) is 3.15. The fourth-order valence-corrected chi connectivity index (χ4v) is 2.79. The molecule has 0 unspecified atom stereocenters. The molecule has 1 aliphatic rings. The maximum Gasteiger partial charge on any atom is 0.0951 e. The number of para-hydroxylation sites is 1. The maximum atomic E-state index is 6.28. The second kappa shape index (κ2) is 5.37. The summed E-state index contributed by atoms with van der Waals surface area (Å²) in [5.41, 5.74) is 3.29. The fourth-order valence-electron chi connectivity index (χ4n) is 2.45. The fraction of sp³-hybridized carbons (Fsp3) is 0.400. The van der Waals surface area contributed by atoms with E-state index in [9.17, 15) is 0 Å². The van der Waals surface area contributed by atoms with Crippen LogP contribution in [0.25, 0.3) is 0 Å². The van der Waals surface area contributed by atoms with Crippen molar-refractivity contribution in [2.24, 2.45) is 0 Å². The first-order valence-electron chi connectivity index (χ1n) is 6.87. The topological polar surface area (TPSA) is 33.1 Å². The molecule has 0 aliphatic heterocycles. The van der Waals surface area contributed by atoms with Gasteiger partial charge in [-0.1, -0.05) is 17.7 Å². The van der Waals surface area contributed by atoms with E-state index < -0.39 is 0 Å². The van der Waals surface area contributed by atoms with Gasteiger partial charge >= 0.3 is 0 Å². The van der Waals surface area contributed by atoms with Gasteiger partial charge in [0.05, 0.1) is 35.0 Å². The lowest BCUT2D eigenvalue weighted by Crippen LogP contribution is -2.13. The van der Waals surface area contributed by atoms with Gasteiger partial charge in [0.15, 0.2) is 0 Å². The van der Waals surface area contributed by atoms with Crippen molar-refractivity contribution in [1.82, 2.24) is 9.55 Å². The number of benzene rings is 1.